The molecule has 2 aromatic rings. The van der Waals surface area contributed by atoms with E-state index in [9.17, 15) is 18.0 Å². The van der Waals surface area contributed by atoms with Crippen LogP contribution in [0.5, 0.6) is 0 Å². The number of ketones is 1. The van der Waals surface area contributed by atoms with Gasteiger partial charge in [0, 0.05) is 46.0 Å². The fourth-order valence-electron chi connectivity index (χ4n) is 3.68. The van der Waals surface area contributed by atoms with Gasteiger partial charge in [-0.15, -0.1) is 0 Å². The molecule has 152 valence electrons. The Morgan fingerprint density at radius 1 is 1.29 bits per heavy atom. The van der Waals surface area contributed by atoms with Crippen molar-refractivity contribution in [3.05, 3.63) is 53.0 Å². The number of carbonyl (C=O) groups excluding carboxylic acids is 1. The van der Waals surface area contributed by atoms with E-state index in [0.717, 1.165) is 12.6 Å². The maximum absolute atomic E-state index is 13.5. The quantitative estimate of drug-likeness (QED) is 0.801. The second-order valence-electron chi connectivity index (χ2n) is 7.37. The Bertz CT molecular complexity index is 906. The summed E-state index contributed by atoms with van der Waals surface area (Å²) in [6.45, 7) is 3.67. The number of nitrogens with zero attached hydrogens (tertiary/aromatic N) is 3. The Labute approximate surface area is 164 Å². The van der Waals surface area contributed by atoms with Gasteiger partial charge in [-0.3, -0.25) is 9.78 Å². The molecule has 0 spiro atoms. The zero-order valence-electron chi connectivity index (χ0n) is 15.5. The fraction of sp³-hybridized carbons (Fsp3) is 0.450. The van der Waals surface area contributed by atoms with Crippen molar-refractivity contribution >= 4 is 11.6 Å². The maximum Gasteiger partial charge on any atom is 0.418 e. The average Bonchev–Trinajstić information content (AvgIpc) is 3.52. The first kappa shape index (κ1) is 18.9. The highest BCUT2D eigenvalue weighted by Gasteiger charge is 2.38. The van der Waals surface area contributed by atoms with Crippen LogP contribution in [0.4, 0.5) is 19.0 Å². The normalized spacial score (nSPS) is 20.3. The van der Waals surface area contributed by atoms with Crippen molar-refractivity contribution in [3.8, 4) is 0 Å². The fourth-order valence-corrected chi connectivity index (χ4v) is 3.68. The molecule has 1 unspecified atom stereocenters. The van der Waals surface area contributed by atoms with Crippen molar-refractivity contribution in [2.75, 3.05) is 24.5 Å². The molecule has 1 saturated heterocycles. The SMILES string of the molecule is Cc1ncccc1C(=O)c1nc(N2CCNC(C3CC3)C2)ccc1C(F)(F)F.[HH].[HH]. The van der Waals surface area contributed by atoms with Crippen molar-refractivity contribution < 1.29 is 20.8 Å². The number of rotatable bonds is 4. The molecule has 0 bridgehead atoms. The molecule has 0 amide bonds. The largest absolute Gasteiger partial charge is 0.418 e. The number of piperazine rings is 1. The molecule has 3 heterocycles. The Morgan fingerprint density at radius 3 is 2.75 bits per heavy atom. The van der Waals surface area contributed by atoms with Crippen molar-refractivity contribution in [2.45, 2.75) is 32.0 Å². The standard InChI is InChI=1S/C20H21F3N4O.2H2/c1-12-14(3-2-8-24-12)19(28)18-15(20(21,22)23)6-7-17(26-18)27-10-9-25-16(11-27)13-4-5-13;;/h2-3,6-8,13,16,25H,4-5,9-11H2,1H3;2*1H. The third-order valence-corrected chi connectivity index (χ3v) is 5.37. The van der Waals surface area contributed by atoms with E-state index in [-0.39, 0.29) is 8.42 Å². The third kappa shape index (κ3) is 3.73. The number of aryl methyl sites for hydroxylation is 1. The highest BCUT2D eigenvalue weighted by molar-refractivity contribution is 6.09. The Kier molecular flexibility index (Phi) is 4.82. The maximum atomic E-state index is 13.5. The number of hydrogen-bond acceptors (Lipinski definition) is 5. The molecule has 2 aliphatic rings. The molecule has 0 aromatic carbocycles. The molecule has 2 aromatic heterocycles. The molecule has 2 fully saturated rings. The number of alkyl halides is 3. The van der Waals surface area contributed by atoms with Gasteiger partial charge < -0.3 is 10.2 Å². The molecule has 1 saturated carbocycles. The number of anilines is 1. The van der Waals surface area contributed by atoms with E-state index in [4.69, 9.17) is 0 Å². The Morgan fingerprint density at radius 2 is 2.07 bits per heavy atom. The molecule has 1 aliphatic heterocycles. The average molecular weight is 394 g/mol. The molecule has 8 heteroatoms. The van der Waals surface area contributed by atoms with E-state index < -0.39 is 23.2 Å². The van der Waals surface area contributed by atoms with Crippen LogP contribution in [-0.2, 0) is 6.18 Å². The lowest BCUT2D eigenvalue weighted by Gasteiger charge is -2.35. The first-order chi connectivity index (χ1) is 13.3. The van der Waals surface area contributed by atoms with Gasteiger partial charge in [-0.2, -0.15) is 13.2 Å². The smallest absolute Gasteiger partial charge is 0.354 e. The van der Waals surface area contributed by atoms with Crippen LogP contribution in [0.15, 0.2) is 30.5 Å². The van der Waals surface area contributed by atoms with Crippen LogP contribution in [0.2, 0.25) is 0 Å². The van der Waals surface area contributed by atoms with Crippen molar-refractivity contribution in [1.82, 2.24) is 15.3 Å². The van der Waals surface area contributed by atoms with Crippen LogP contribution in [-0.4, -0.2) is 41.4 Å². The molecule has 5 nitrogen and oxygen atoms in total. The number of nitrogens with one attached hydrogen (secondary N) is 1. The number of halogens is 3. The molecular formula is C20H25F3N4O. The summed E-state index contributed by atoms with van der Waals surface area (Å²) >= 11 is 0. The third-order valence-electron chi connectivity index (χ3n) is 5.37. The number of pyridine rings is 2. The van der Waals surface area contributed by atoms with Crippen LogP contribution < -0.4 is 10.2 Å². The van der Waals surface area contributed by atoms with Gasteiger partial charge in [0.25, 0.3) is 0 Å². The summed E-state index contributed by atoms with van der Waals surface area (Å²) in [6, 6.07) is 5.67. The Hall–Kier alpha value is -2.48. The van der Waals surface area contributed by atoms with E-state index in [1.807, 2.05) is 4.90 Å². The highest BCUT2D eigenvalue weighted by atomic mass is 19.4. The first-order valence-electron chi connectivity index (χ1n) is 9.37. The topological polar surface area (TPSA) is 58.1 Å². The van der Waals surface area contributed by atoms with E-state index in [1.54, 1.807) is 6.92 Å². The zero-order valence-corrected chi connectivity index (χ0v) is 15.5. The highest BCUT2D eigenvalue weighted by Crippen LogP contribution is 2.36. The molecular weight excluding hydrogens is 369 g/mol. The summed E-state index contributed by atoms with van der Waals surface area (Å²) in [4.78, 5) is 23.1. The van der Waals surface area contributed by atoms with E-state index >= 15 is 0 Å². The summed E-state index contributed by atoms with van der Waals surface area (Å²) in [7, 11) is 0. The number of hydrogen-bond donors (Lipinski definition) is 1. The van der Waals surface area contributed by atoms with Crippen LogP contribution in [0, 0.1) is 12.8 Å². The van der Waals surface area contributed by atoms with E-state index in [1.165, 1.54) is 37.2 Å². The summed E-state index contributed by atoms with van der Waals surface area (Å²) < 4.78 is 40.6. The molecule has 1 aliphatic carbocycles. The second kappa shape index (κ2) is 7.16. The van der Waals surface area contributed by atoms with Crippen molar-refractivity contribution in [1.29, 1.82) is 0 Å². The van der Waals surface area contributed by atoms with Crippen LogP contribution in [0.3, 0.4) is 0 Å². The molecule has 4 rings (SSSR count). The van der Waals surface area contributed by atoms with Crippen molar-refractivity contribution in [2.24, 2.45) is 5.92 Å². The van der Waals surface area contributed by atoms with Gasteiger partial charge >= 0.3 is 6.18 Å². The Balaban J connectivity index is 0.00000160. The number of aromatic nitrogens is 2. The molecule has 0 radical (unpaired) electrons. The second-order valence-corrected chi connectivity index (χ2v) is 7.37. The van der Waals surface area contributed by atoms with Crippen LogP contribution in [0.25, 0.3) is 0 Å². The van der Waals surface area contributed by atoms with Gasteiger partial charge in [-0.25, -0.2) is 4.98 Å². The molecule has 1 atom stereocenters. The zero-order chi connectivity index (χ0) is 19.9. The van der Waals surface area contributed by atoms with E-state index in [2.05, 4.69) is 15.3 Å². The molecule has 1 N–H and O–H groups in total. The minimum atomic E-state index is -4.66. The summed E-state index contributed by atoms with van der Waals surface area (Å²) in [5.41, 5.74) is -1.07. The lowest BCUT2D eigenvalue weighted by Crippen LogP contribution is -2.52. The van der Waals surface area contributed by atoms with Crippen LogP contribution >= 0.6 is 0 Å². The summed E-state index contributed by atoms with van der Waals surface area (Å²) in [6.07, 6.45) is -0.808. The first-order valence-corrected chi connectivity index (χ1v) is 9.37. The predicted molar refractivity (Wildman–Crippen MR) is 103 cm³/mol. The van der Waals surface area contributed by atoms with Gasteiger partial charge in [0.1, 0.15) is 11.5 Å². The molecule has 28 heavy (non-hydrogen) atoms. The van der Waals surface area contributed by atoms with Gasteiger partial charge in [0.15, 0.2) is 0 Å². The summed E-state index contributed by atoms with van der Waals surface area (Å²) in [5.74, 6) is 0.273. The minimum absolute atomic E-state index is 0. The number of carbonyl (C=O) groups is 1. The van der Waals surface area contributed by atoms with Crippen LogP contribution in [0.1, 0.15) is 43.0 Å². The van der Waals surface area contributed by atoms with Crippen molar-refractivity contribution in [3.63, 3.8) is 0 Å². The monoisotopic (exact) mass is 394 g/mol. The minimum Gasteiger partial charge on any atom is -0.354 e. The van der Waals surface area contributed by atoms with Gasteiger partial charge in [0.05, 0.1) is 5.56 Å². The van der Waals surface area contributed by atoms with Gasteiger partial charge in [0.2, 0.25) is 5.78 Å². The van der Waals surface area contributed by atoms with Gasteiger partial charge in [-0.05, 0) is 49.9 Å². The lowest BCUT2D eigenvalue weighted by molar-refractivity contribution is -0.138. The predicted octanol–water partition coefficient (Wildman–Crippen LogP) is 3.72. The summed E-state index contributed by atoms with van der Waals surface area (Å²) in [5, 5.41) is 3.46. The van der Waals surface area contributed by atoms with Gasteiger partial charge in [-0.1, -0.05) is 0 Å². The lowest BCUT2D eigenvalue weighted by atomic mass is 10.0. The van der Waals surface area contributed by atoms with E-state index in [0.29, 0.717) is 36.6 Å².